The lowest BCUT2D eigenvalue weighted by molar-refractivity contribution is 0.322. The lowest BCUT2D eigenvalue weighted by Gasteiger charge is -2.21. The fourth-order valence-electron chi connectivity index (χ4n) is 2.20. The highest BCUT2D eigenvalue weighted by molar-refractivity contribution is 7.73. The van der Waals surface area contributed by atoms with Gasteiger partial charge in [0, 0.05) is 6.61 Å². The third-order valence-corrected chi connectivity index (χ3v) is 5.95. The molecule has 0 saturated carbocycles. The summed E-state index contributed by atoms with van der Waals surface area (Å²) in [6.07, 6.45) is 0.838. The Labute approximate surface area is 110 Å². The van der Waals surface area contributed by atoms with E-state index in [1.807, 2.05) is 0 Å². The first-order valence-electron chi connectivity index (χ1n) is 6.23. The van der Waals surface area contributed by atoms with Gasteiger partial charge in [0.1, 0.15) is 0 Å². The first-order chi connectivity index (χ1) is 8.74. The van der Waals surface area contributed by atoms with Gasteiger partial charge in [-0.1, -0.05) is 48.5 Å². The van der Waals surface area contributed by atoms with Crippen molar-refractivity contribution in [3.8, 4) is 0 Å². The van der Waals surface area contributed by atoms with E-state index in [4.69, 9.17) is 0 Å². The molecule has 0 atom stereocenters. The van der Waals surface area contributed by atoms with Crippen molar-refractivity contribution in [2.45, 2.75) is 13.8 Å². The lowest BCUT2D eigenvalue weighted by atomic mass is 10.2. The minimum atomic E-state index is -0.443. The molecule has 0 aromatic heterocycles. The van der Waals surface area contributed by atoms with Crippen LogP contribution < -0.4 is 10.6 Å². The molecule has 0 radical (unpaired) electrons. The lowest BCUT2D eigenvalue weighted by Crippen LogP contribution is -2.19. The number of benzene rings is 2. The summed E-state index contributed by atoms with van der Waals surface area (Å²) in [4.78, 5) is 0. The Bertz CT molecular complexity index is 477. The molecule has 1 N–H and O–H groups in total. The van der Waals surface area contributed by atoms with E-state index in [0.29, 0.717) is 0 Å². The van der Waals surface area contributed by atoms with Gasteiger partial charge in [-0.3, -0.25) is 0 Å². The monoisotopic (exact) mass is 258 g/mol. The maximum Gasteiger partial charge on any atom is 0.0476 e. The van der Waals surface area contributed by atoms with Crippen LogP contribution in [0.4, 0.5) is 0 Å². The number of hydrogen-bond donors (Lipinski definition) is 1. The molecule has 0 aliphatic rings. The van der Waals surface area contributed by atoms with Crippen molar-refractivity contribution in [2.75, 3.05) is 12.8 Å². The van der Waals surface area contributed by atoms with Crippen LogP contribution in [0.1, 0.15) is 11.1 Å². The van der Waals surface area contributed by atoms with Gasteiger partial charge in [0.2, 0.25) is 0 Å². The van der Waals surface area contributed by atoms with Gasteiger partial charge in [-0.25, -0.2) is 0 Å². The van der Waals surface area contributed by atoms with E-state index >= 15 is 0 Å². The molecule has 2 aromatic carbocycles. The molecule has 1 nitrogen and oxygen atoms in total. The Balaban J connectivity index is 2.47. The Morgan fingerprint density at radius 2 is 1.28 bits per heavy atom. The van der Waals surface area contributed by atoms with Gasteiger partial charge in [0.15, 0.2) is 0 Å². The number of aliphatic hydroxyl groups excluding tert-OH is 1. The van der Waals surface area contributed by atoms with Crippen LogP contribution in [0, 0.1) is 13.8 Å². The number of rotatable bonds is 4. The van der Waals surface area contributed by atoms with E-state index in [-0.39, 0.29) is 6.61 Å². The summed E-state index contributed by atoms with van der Waals surface area (Å²) < 4.78 is 0. The molecule has 0 heterocycles. The Morgan fingerprint density at radius 1 is 0.833 bits per heavy atom. The summed E-state index contributed by atoms with van der Waals surface area (Å²) in [7, 11) is -0.443. The van der Waals surface area contributed by atoms with E-state index in [1.165, 1.54) is 21.7 Å². The summed E-state index contributed by atoms with van der Waals surface area (Å²) in [5.41, 5.74) is 2.64. The smallest absolute Gasteiger partial charge is 0.0476 e. The van der Waals surface area contributed by atoms with Gasteiger partial charge in [-0.15, -0.1) is 0 Å². The Kier molecular flexibility index (Phi) is 4.52. The summed E-state index contributed by atoms with van der Waals surface area (Å²) in [5, 5.41) is 12.1. The molecule has 18 heavy (non-hydrogen) atoms. The third-order valence-electron chi connectivity index (χ3n) is 3.14. The molecule has 0 amide bonds. The normalized spacial score (nSPS) is 10.9. The fraction of sp³-hybridized carbons (Fsp3) is 0.250. The first-order valence-corrected chi connectivity index (χ1v) is 7.76. The van der Waals surface area contributed by atoms with Crippen LogP contribution in [0.2, 0.25) is 0 Å². The predicted octanol–water partition coefficient (Wildman–Crippen LogP) is 2.73. The van der Waals surface area contributed by atoms with Crippen LogP contribution in [0.3, 0.4) is 0 Å². The molecule has 0 aliphatic carbocycles. The minimum absolute atomic E-state index is 0.244. The van der Waals surface area contributed by atoms with E-state index in [1.54, 1.807) is 0 Å². The van der Waals surface area contributed by atoms with E-state index in [9.17, 15) is 5.11 Å². The molecule has 0 aliphatic heterocycles. The predicted molar refractivity (Wildman–Crippen MR) is 80.5 cm³/mol. The highest BCUT2D eigenvalue weighted by Gasteiger charge is 2.16. The quantitative estimate of drug-likeness (QED) is 0.836. The first kappa shape index (κ1) is 13.3. The molecule has 0 fully saturated rings. The summed E-state index contributed by atoms with van der Waals surface area (Å²) >= 11 is 0. The van der Waals surface area contributed by atoms with Crippen molar-refractivity contribution in [3.63, 3.8) is 0 Å². The second-order valence-electron chi connectivity index (χ2n) is 4.45. The van der Waals surface area contributed by atoms with Crippen LogP contribution in [0.5, 0.6) is 0 Å². The second kappa shape index (κ2) is 6.13. The second-order valence-corrected chi connectivity index (χ2v) is 6.72. The summed E-state index contributed by atoms with van der Waals surface area (Å²) in [6, 6.07) is 17.0. The van der Waals surface area contributed by atoms with Crippen molar-refractivity contribution in [3.05, 3.63) is 59.7 Å². The summed E-state index contributed by atoms with van der Waals surface area (Å²) in [6.45, 7) is 4.55. The number of aryl methyl sites for hydroxylation is 2. The molecule has 0 spiro atoms. The topological polar surface area (TPSA) is 20.2 Å². The van der Waals surface area contributed by atoms with E-state index < -0.39 is 7.92 Å². The van der Waals surface area contributed by atoms with Crippen molar-refractivity contribution in [1.82, 2.24) is 0 Å². The average Bonchev–Trinajstić information content (AvgIpc) is 2.38. The fourth-order valence-corrected chi connectivity index (χ4v) is 4.68. The zero-order valence-electron chi connectivity index (χ0n) is 10.9. The van der Waals surface area contributed by atoms with Crippen LogP contribution >= 0.6 is 7.92 Å². The van der Waals surface area contributed by atoms with Crippen molar-refractivity contribution in [2.24, 2.45) is 0 Å². The molecule has 94 valence electrons. The van der Waals surface area contributed by atoms with Crippen LogP contribution in [-0.2, 0) is 0 Å². The Hall–Kier alpha value is -1.17. The van der Waals surface area contributed by atoms with E-state index in [0.717, 1.165) is 6.16 Å². The van der Waals surface area contributed by atoms with Gasteiger partial charge in [-0.2, -0.15) is 0 Å². The Morgan fingerprint density at radius 3 is 1.67 bits per heavy atom. The molecular formula is C16H19OP. The molecule has 2 heteroatoms. The minimum Gasteiger partial charge on any atom is -0.396 e. The molecule has 0 unspecified atom stereocenters. The molecule has 0 bridgehead atoms. The molecule has 2 rings (SSSR count). The number of hydrogen-bond acceptors (Lipinski definition) is 1. The SMILES string of the molecule is Cc1ccccc1P(CCO)c1ccccc1C. The van der Waals surface area contributed by atoms with Gasteiger partial charge < -0.3 is 5.11 Å². The molecular weight excluding hydrogens is 239 g/mol. The van der Waals surface area contributed by atoms with E-state index in [2.05, 4.69) is 62.4 Å². The van der Waals surface area contributed by atoms with Gasteiger partial charge in [-0.05, 0) is 49.7 Å². The number of aliphatic hydroxyl groups is 1. The maximum absolute atomic E-state index is 9.36. The highest BCUT2D eigenvalue weighted by Crippen LogP contribution is 2.35. The highest BCUT2D eigenvalue weighted by atomic mass is 31.1. The molecule has 0 saturated heterocycles. The average molecular weight is 258 g/mol. The zero-order chi connectivity index (χ0) is 13.0. The van der Waals surface area contributed by atoms with Gasteiger partial charge in [0.05, 0.1) is 0 Å². The van der Waals surface area contributed by atoms with Crippen molar-refractivity contribution in [1.29, 1.82) is 0 Å². The largest absolute Gasteiger partial charge is 0.396 e. The van der Waals surface area contributed by atoms with Crippen molar-refractivity contribution >= 4 is 18.5 Å². The summed E-state index contributed by atoms with van der Waals surface area (Å²) in [5.74, 6) is 0. The van der Waals surface area contributed by atoms with Crippen molar-refractivity contribution < 1.29 is 5.11 Å². The van der Waals surface area contributed by atoms with Gasteiger partial charge in [0.25, 0.3) is 0 Å². The standard InChI is InChI=1S/C16H19OP/c1-13-7-3-5-9-15(13)18(12-11-17)16-10-6-4-8-14(16)2/h3-10,17H,11-12H2,1-2H3. The van der Waals surface area contributed by atoms with Crippen LogP contribution in [0.15, 0.2) is 48.5 Å². The van der Waals surface area contributed by atoms with Gasteiger partial charge >= 0.3 is 0 Å². The molecule has 2 aromatic rings. The third kappa shape index (κ3) is 2.80. The zero-order valence-corrected chi connectivity index (χ0v) is 11.8. The van der Waals surface area contributed by atoms with Crippen LogP contribution in [-0.4, -0.2) is 17.9 Å². The van der Waals surface area contributed by atoms with Crippen LogP contribution in [0.25, 0.3) is 0 Å². The maximum atomic E-state index is 9.36.